The van der Waals surface area contributed by atoms with Gasteiger partial charge in [-0.1, -0.05) is 19.1 Å². The highest BCUT2D eigenvalue weighted by atomic mass is 16.3. The van der Waals surface area contributed by atoms with Crippen LogP contribution in [0.4, 0.5) is 0 Å². The summed E-state index contributed by atoms with van der Waals surface area (Å²) in [4.78, 5) is 20.8. The molecule has 116 valence electrons. The summed E-state index contributed by atoms with van der Waals surface area (Å²) < 4.78 is 0. The van der Waals surface area contributed by atoms with Gasteiger partial charge in [0.15, 0.2) is 0 Å². The average Bonchev–Trinajstić information content (AvgIpc) is 2.55. The van der Waals surface area contributed by atoms with Crippen LogP contribution in [0.15, 0.2) is 30.5 Å². The van der Waals surface area contributed by atoms with E-state index in [0.29, 0.717) is 11.4 Å². The van der Waals surface area contributed by atoms with Crippen LogP contribution in [0.2, 0.25) is 0 Å². The van der Waals surface area contributed by atoms with Gasteiger partial charge >= 0.3 is 0 Å². The molecule has 0 atom stereocenters. The highest BCUT2D eigenvalue weighted by Gasteiger charge is 2.32. The molecule has 1 aromatic heterocycles. The SMILES string of the molecule is CC1CCC(O)(CNC(=O)c2cnc3ccccc3n2)CC1. The van der Waals surface area contributed by atoms with E-state index < -0.39 is 5.60 Å². The topological polar surface area (TPSA) is 75.1 Å². The number of hydrogen-bond donors (Lipinski definition) is 2. The van der Waals surface area contributed by atoms with Gasteiger partial charge < -0.3 is 10.4 Å². The summed E-state index contributed by atoms with van der Waals surface area (Å²) in [5.74, 6) is 0.368. The molecule has 1 amide bonds. The number of nitrogens with one attached hydrogen (secondary N) is 1. The van der Waals surface area contributed by atoms with Gasteiger partial charge in [-0.05, 0) is 43.7 Å². The first-order valence-electron chi connectivity index (χ1n) is 7.78. The first-order valence-corrected chi connectivity index (χ1v) is 7.78. The van der Waals surface area contributed by atoms with E-state index in [1.54, 1.807) is 0 Å². The molecule has 3 rings (SSSR count). The number of amides is 1. The van der Waals surface area contributed by atoms with E-state index in [-0.39, 0.29) is 18.1 Å². The summed E-state index contributed by atoms with van der Waals surface area (Å²) in [6, 6.07) is 7.44. The molecule has 1 aliphatic rings. The van der Waals surface area contributed by atoms with Gasteiger partial charge in [0.05, 0.1) is 22.8 Å². The molecule has 0 radical (unpaired) electrons. The van der Waals surface area contributed by atoms with Crippen LogP contribution in [0, 0.1) is 5.92 Å². The molecule has 1 aromatic carbocycles. The number of fused-ring (bicyclic) bond motifs is 1. The lowest BCUT2D eigenvalue weighted by Crippen LogP contribution is -2.45. The number of para-hydroxylation sites is 2. The number of nitrogens with zero attached hydrogens (tertiary/aromatic N) is 2. The second-order valence-electron chi connectivity index (χ2n) is 6.33. The van der Waals surface area contributed by atoms with Crippen LogP contribution in [0.25, 0.3) is 11.0 Å². The summed E-state index contributed by atoms with van der Waals surface area (Å²) in [6.07, 6.45) is 4.95. The Morgan fingerprint density at radius 1 is 1.32 bits per heavy atom. The number of hydrogen-bond acceptors (Lipinski definition) is 4. The Morgan fingerprint density at radius 2 is 2.00 bits per heavy atom. The minimum absolute atomic E-state index is 0.271. The van der Waals surface area contributed by atoms with Crippen molar-refractivity contribution in [2.75, 3.05) is 6.54 Å². The summed E-state index contributed by atoms with van der Waals surface area (Å²) in [6.45, 7) is 2.47. The van der Waals surface area contributed by atoms with Gasteiger partial charge in [-0.3, -0.25) is 9.78 Å². The van der Waals surface area contributed by atoms with E-state index in [1.807, 2.05) is 24.3 Å². The lowest BCUT2D eigenvalue weighted by molar-refractivity contribution is -0.00543. The van der Waals surface area contributed by atoms with E-state index in [9.17, 15) is 9.90 Å². The molecule has 5 nitrogen and oxygen atoms in total. The van der Waals surface area contributed by atoms with Crippen molar-refractivity contribution < 1.29 is 9.90 Å². The quantitative estimate of drug-likeness (QED) is 0.912. The van der Waals surface area contributed by atoms with Crippen LogP contribution >= 0.6 is 0 Å². The Bertz CT molecular complexity index is 678. The van der Waals surface area contributed by atoms with Crippen molar-refractivity contribution in [1.82, 2.24) is 15.3 Å². The van der Waals surface area contributed by atoms with E-state index in [2.05, 4.69) is 22.2 Å². The number of carbonyl (C=O) groups excluding carboxylic acids is 1. The molecule has 0 saturated heterocycles. The number of rotatable bonds is 3. The smallest absolute Gasteiger partial charge is 0.271 e. The Hall–Kier alpha value is -2.01. The fourth-order valence-electron chi connectivity index (χ4n) is 2.88. The summed E-state index contributed by atoms with van der Waals surface area (Å²) >= 11 is 0. The van der Waals surface area contributed by atoms with Crippen LogP contribution in [0.1, 0.15) is 43.1 Å². The lowest BCUT2D eigenvalue weighted by Gasteiger charge is -2.34. The molecular weight excluding hydrogens is 278 g/mol. The van der Waals surface area contributed by atoms with Crippen LogP contribution < -0.4 is 5.32 Å². The molecule has 0 spiro atoms. The normalized spacial score (nSPS) is 25.1. The van der Waals surface area contributed by atoms with Gasteiger partial charge in [-0.15, -0.1) is 0 Å². The maximum Gasteiger partial charge on any atom is 0.271 e. The standard InChI is InChI=1S/C17H21N3O2/c1-12-6-8-17(22,9-7-12)11-19-16(21)15-10-18-13-4-2-3-5-14(13)20-15/h2-5,10,12,22H,6-9,11H2,1H3,(H,19,21). The molecule has 1 saturated carbocycles. The molecule has 5 heteroatoms. The van der Waals surface area contributed by atoms with E-state index in [0.717, 1.165) is 31.2 Å². The minimum atomic E-state index is -0.785. The maximum atomic E-state index is 12.2. The molecule has 1 heterocycles. The number of benzene rings is 1. The number of aromatic nitrogens is 2. The van der Waals surface area contributed by atoms with Crippen LogP contribution in [-0.4, -0.2) is 33.1 Å². The van der Waals surface area contributed by atoms with Crippen molar-refractivity contribution in [1.29, 1.82) is 0 Å². The summed E-state index contributed by atoms with van der Waals surface area (Å²) in [7, 11) is 0. The Morgan fingerprint density at radius 3 is 2.73 bits per heavy atom. The average molecular weight is 299 g/mol. The summed E-state index contributed by atoms with van der Waals surface area (Å²) in [5.41, 5.74) is 0.956. The second-order valence-corrected chi connectivity index (χ2v) is 6.33. The van der Waals surface area contributed by atoms with E-state index in [1.165, 1.54) is 6.20 Å². The van der Waals surface area contributed by atoms with Gasteiger partial charge in [0.1, 0.15) is 5.69 Å². The predicted molar refractivity (Wildman–Crippen MR) is 84.5 cm³/mol. The zero-order chi connectivity index (χ0) is 15.6. The van der Waals surface area contributed by atoms with Gasteiger partial charge in [0.25, 0.3) is 5.91 Å². The maximum absolute atomic E-state index is 12.2. The van der Waals surface area contributed by atoms with Crippen molar-refractivity contribution in [3.63, 3.8) is 0 Å². The third kappa shape index (κ3) is 3.25. The fourth-order valence-corrected chi connectivity index (χ4v) is 2.88. The van der Waals surface area contributed by atoms with Gasteiger partial charge in [-0.2, -0.15) is 0 Å². The van der Waals surface area contributed by atoms with E-state index in [4.69, 9.17) is 0 Å². The largest absolute Gasteiger partial charge is 0.388 e. The lowest BCUT2D eigenvalue weighted by atomic mass is 9.79. The Balaban J connectivity index is 1.66. The molecule has 0 bridgehead atoms. The number of aliphatic hydroxyl groups is 1. The van der Waals surface area contributed by atoms with Crippen LogP contribution in [0.5, 0.6) is 0 Å². The third-order valence-electron chi connectivity index (χ3n) is 4.46. The highest BCUT2D eigenvalue weighted by molar-refractivity contribution is 5.93. The summed E-state index contributed by atoms with van der Waals surface area (Å²) in [5, 5.41) is 13.3. The fraction of sp³-hybridized carbons (Fsp3) is 0.471. The number of carbonyl (C=O) groups is 1. The molecule has 2 N–H and O–H groups in total. The van der Waals surface area contributed by atoms with Crippen molar-refractivity contribution in [2.45, 2.75) is 38.2 Å². The first kappa shape index (κ1) is 14.9. The molecule has 1 fully saturated rings. The second kappa shape index (κ2) is 6.01. The van der Waals surface area contributed by atoms with Crippen molar-refractivity contribution in [3.05, 3.63) is 36.2 Å². The van der Waals surface area contributed by atoms with Gasteiger partial charge in [0, 0.05) is 6.54 Å². The zero-order valence-corrected chi connectivity index (χ0v) is 12.7. The Labute approximate surface area is 129 Å². The van der Waals surface area contributed by atoms with Crippen LogP contribution in [0.3, 0.4) is 0 Å². The predicted octanol–water partition coefficient (Wildman–Crippen LogP) is 2.30. The van der Waals surface area contributed by atoms with E-state index >= 15 is 0 Å². The van der Waals surface area contributed by atoms with Crippen molar-refractivity contribution in [2.24, 2.45) is 5.92 Å². The minimum Gasteiger partial charge on any atom is -0.388 e. The van der Waals surface area contributed by atoms with Crippen molar-refractivity contribution in [3.8, 4) is 0 Å². The monoisotopic (exact) mass is 299 g/mol. The third-order valence-corrected chi connectivity index (χ3v) is 4.46. The molecule has 0 unspecified atom stereocenters. The highest BCUT2D eigenvalue weighted by Crippen LogP contribution is 2.31. The molecule has 2 aromatic rings. The first-order chi connectivity index (χ1) is 10.6. The van der Waals surface area contributed by atoms with Gasteiger partial charge in [0.2, 0.25) is 0 Å². The molecule has 1 aliphatic carbocycles. The Kier molecular flexibility index (Phi) is 4.07. The molecule has 22 heavy (non-hydrogen) atoms. The van der Waals surface area contributed by atoms with Crippen LogP contribution in [-0.2, 0) is 0 Å². The molecular formula is C17H21N3O2. The van der Waals surface area contributed by atoms with Gasteiger partial charge in [-0.25, -0.2) is 4.98 Å². The molecule has 0 aliphatic heterocycles. The van der Waals surface area contributed by atoms with Crippen molar-refractivity contribution >= 4 is 16.9 Å². The zero-order valence-electron chi connectivity index (χ0n) is 12.7.